The summed E-state index contributed by atoms with van der Waals surface area (Å²) in [5.41, 5.74) is 2.58. The van der Waals surface area contributed by atoms with Crippen molar-refractivity contribution >= 4 is 0 Å². The van der Waals surface area contributed by atoms with Crippen molar-refractivity contribution in [1.29, 1.82) is 0 Å². The lowest BCUT2D eigenvalue weighted by Crippen LogP contribution is -2.46. The van der Waals surface area contributed by atoms with E-state index in [1.807, 2.05) is 19.1 Å². The molecule has 1 unspecified atom stereocenters. The van der Waals surface area contributed by atoms with Crippen LogP contribution in [0.5, 0.6) is 5.75 Å². The van der Waals surface area contributed by atoms with Crippen LogP contribution in [0.15, 0.2) is 18.2 Å². The van der Waals surface area contributed by atoms with Crippen molar-refractivity contribution in [3.63, 3.8) is 0 Å². The number of aryl methyl sites for hydroxylation is 2. The summed E-state index contributed by atoms with van der Waals surface area (Å²) in [6.07, 6.45) is 0.532. The summed E-state index contributed by atoms with van der Waals surface area (Å²) in [6.45, 7) is 16.0. The quantitative estimate of drug-likeness (QED) is 0.804. The van der Waals surface area contributed by atoms with Crippen molar-refractivity contribution in [2.24, 2.45) is 5.41 Å². The van der Waals surface area contributed by atoms with Crippen LogP contribution in [0.3, 0.4) is 0 Å². The van der Waals surface area contributed by atoms with Gasteiger partial charge in [0.2, 0.25) is 0 Å². The molecule has 3 nitrogen and oxygen atoms in total. The zero-order chi connectivity index (χ0) is 17.0. The number of nitrogens with one attached hydrogen (secondary N) is 1. The average Bonchev–Trinajstić information content (AvgIpc) is 2.32. The van der Waals surface area contributed by atoms with Gasteiger partial charge in [-0.2, -0.15) is 0 Å². The first-order valence-corrected chi connectivity index (χ1v) is 8.12. The van der Waals surface area contributed by atoms with Crippen molar-refractivity contribution in [2.45, 2.75) is 66.5 Å². The van der Waals surface area contributed by atoms with E-state index in [9.17, 15) is 5.11 Å². The number of aliphatic hydroxyl groups is 1. The normalized spacial score (nSPS) is 14.0. The number of benzene rings is 1. The maximum Gasteiger partial charge on any atom is 0.122 e. The van der Waals surface area contributed by atoms with Gasteiger partial charge in [0, 0.05) is 12.1 Å². The van der Waals surface area contributed by atoms with E-state index >= 15 is 0 Å². The molecule has 3 heteroatoms. The molecule has 1 aromatic carbocycles. The topological polar surface area (TPSA) is 41.5 Å². The van der Waals surface area contributed by atoms with Crippen molar-refractivity contribution in [2.75, 3.05) is 13.2 Å². The highest BCUT2D eigenvalue weighted by atomic mass is 16.5. The summed E-state index contributed by atoms with van der Waals surface area (Å²) in [6, 6.07) is 6.08. The van der Waals surface area contributed by atoms with Crippen LogP contribution in [0, 0.1) is 19.3 Å². The van der Waals surface area contributed by atoms with Crippen LogP contribution in [0.1, 0.15) is 52.2 Å². The van der Waals surface area contributed by atoms with Crippen molar-refractivity contribution in [3.05, 3.63) is 29.3 Å². The van der Waals surface area contributed by atoms with Gasteiger partial charge in [-0.25, -0.2) is 0 Å². The van der Waals surface area contributed by atoms with Gasteiger partial charge in [-0.3, -0.25) is 0 Å². The summed E-state index contributed by atoms with van der Waals surface area (Å²) in [4.78, 5) is 0. The standard InChI is InChI=1S/C19H33NO2/c1-14-8-9-17(15(2)10-14)22-12-16(21)11-20-19(6,7)13-18(3,4)5/h8-10,16,20-21H,11-13H2,1-7H3. The molecule has 0 aliphatic carbocycles. The Balaban J connectivity index is 2.42. The third-order valence-electron chi connectivity index (χ3n) is 3.55. The minimum Gasteiger partial charge on any atom is -0.491 e. The molecule has 0 saturated carbocycles. The number of hydrogen-bond acceptors (Lipinski definition) is 3. The van der Waals surface area contributed by atoms with E-state index < -0.39 is 6.10 Å². The van der Waals surface area contributed by atoms with E-state index in [1.165, 1.54) is 5.56 Å². The first kappa shape index (κ1) is 19.0. The van der Waals surface area contributed by atoms with Crippen molar-refractivity contribution in [3.8, 4) is 5.75 Å². The molecule has 2 N–H and O–H groups in total. The highest BCUT2D eigenvalue weighted by Crippen LogP contribution is 2.26. The zero-order valence-corrected chi connectivity index (χ0v) is 15.3. The molecule has 22 heavy (non-hydrogen) atoms. The summed E-state index contributed by atoms with van der Waals surface area (Å²) < 4.78 is 5.73. The number of aliphatic hydroxyl groups excluding tert-OH is 1. The van der Waals surface area contributed by atoms with E-state index in [0.717, 1.165) is 17.7 Å². The molecular weight excluding hydrogens is 274 g/mol. The molecule has 0 amide bonds. The second-order valence-corrected chi connectivity index (χ2v) is 8.24. The average molecular weight is 307 g/mol. The minimum atomic E-state index is -0.514. The Morgan fingerprint density at radius 2 is 1.77 bits per heavy atom. The fourth-order valence-electron chi connectivity index (χ4n) is 2.99. The van der Waals surface area contributed by atoms with Crippen LogP contribution in [0.2, 0.25) is 0 Å². The van der Waals surface area contributed by atoms with Gasteiger partial charge < -0.3 is 15.2 Å². The molecular formula is C19H33NO2. The molecule has 0 saturated heterocycles. The van der Waals surface area contributed by atoms with Crippen molar-refractivity contribution in [1.82, 2.24) is 5.32 Å². The SMILES string of the molecule is Cc1ccc(OCC(O)CNC(C)(C)CC(C)(C)C)c(C)c1. The summed E-state index contributed by atoms with van der Waals surface area (Å²) in [5, 5.41) is 13.6. The lowest BCUT2D eigenvalue weighted by Gasteiger charge is -2.34. The van der Waals surface area contributed by atoms with Crippen LogP contribution in [0.25, 0.3) is 0 Å². The van der Waals surface area contributed by atoms with E-state index in [4.69, 9.17) is 4.74 Å². The number of ether oxygens (including phenoxy) is 1. The molecule has 1 rings (SSSR count). The van der Waals surface area contributed by atoms with Gasteiger partial charge in [-0.1, -0.05) is 38.5 Å². The van der Waals surface area contributed by atoms with E-state index in [-0.39, 0.29) is 11.0 Å². The fourth-order valence-corrected chi connectivity index (χ4v) is 2.99. The smallest absolute Gasteiger partial charge is 0.122 e. The van der Waals surface area contributed by atoms with E-state index in [0.29, 0.717) is 13.2 Å². The Morgan fingerprint density at radius 3 is 2.32 bits per heavy atom. The summed E-state index contributed by atoms with van der Waals surface area (Å²) >= 11 is 0. The second kappa shape index (κ2) is 7.47. The van der Waals surface area contributed by atoms with Gasteiger partial charge in [0.15, 0.2) is 0 Å². The van der Waals surface area contributed by atoms with Crippen LogP contribution < -0.4 is 10.1 Å². The number of rotatable bonds is 7. The first-order valence-electron chi connectivity index (χ1n) is 8.12. The Labute approximate surface area is 136 Å². The largest absolute Gasteiger partial charge is 0.491 e. The lowest BCUT2D eigenvalue weighted by molar-refractivity contribution is 0.0941. The monoisotopic (exact) mass is 307 g/mol. The lowest BCUT2D eigenvalue weighted by atomic mass is 9.82. The van der Waals surface area contributed by atoms with Gasteiger partial charge in [0.05, 0.1) is 0 Å². The molecule has 126 valence electrons. The number of hydrogen-bond donors (Lipinski definition) is 2. The van der Waals surface area contributed by atoms with Crippen LogP contribution in [-0.2, 0) is 0 Å². The minimum absolute atomic E-state index is 0.000986. The Morgan fingerprint density at radius 1 is 1.14 bits per heavy atom. The van der Waals surface area contributed by atoms with Gasteiger partial charge in [0.25, 0.3) is 0 Å². The Hall–Kier alpha value is -1.06. The predicted octanol–water partition coefficient (Wildman–Crippen LogP) is 3.85. The molecule has 0 aliphatic heterocycles. The van der Waals surface area contributed by atoms with E-state index in [2.05, 4.69) is 52.9 Å². The molecule has 1 aromatic rings. The fraction of sp³-hybridized carbons (Fsp3) is 0.684. The summed E-state index contributed by atoms with van der Waals surface area (Å²) in [5.74, 6) is 0.846. The highest BCUT2D eigenvalue weighted by Gasteiger charge is 2.25. The molecule has 0 radical (unpaired) electrons. The van der Waals surface area contributed by atoms with Gasteiger partial charge in [0.1, 0.15) is 18.5 Å². The highest BCUT2D eigenvalue weighted by molar-refractivity contribution is 5.35. The van der Waals surface area contributed by atoms with E-state index in [1.54, 1.807) is 0 Å². The molecule has 0 aromatic heterocycles. The molecule has 0 bridgehead atoms. The third kappa shape index (κ3) is 7.28. The third-order valence-corrected chi connectivity index (χ3v) is 3.55. The maximum atomic E-state index is 10.1. The molecule has 0 spiro atoms. The van der Waals surface area contributed by atoms with Crippen LogP contribution in [0.4, 0.5) is 0 Å². The summed E-state index contributed by atoms with van der Waals surface area (Å²) in [7, 11) is 0. The van der Waals surface area contributed by atoms with Crippen LogP contribution in [-0.4, -0.2) is 29.9 Å². The first-order chi connectivity index (χ1) is 9.98. The molecule has 1 atom stereocenters. The molecule has 0 aliphatic rings. The van der Waals surface area contributed by atoms with Gasteiger partial charge in [-0.05, 0) is 51.2 Å². The molecule has 0 fully saturated rings. The Kier molecular flexibility index (Phi) is 6.45. The predicted molar refractivity (Wildman–Crippen MR) is 93.6 cm³/mol. The van der Waals surface area contributed by atoms with Gasteiger partial charge >= 0.3 is 0 Å². The zero-order valence-electron chi connectivity index (χ0n) is 15.3. The number of β-amino-alcohol motifs (C(OH)–C–C–N with tert-alkyl or cyclic N) is 1. The Bertz CT molecular complexity index is 475. The van der Waals surface area contributed by atoms with Gasteiger partial charge in [-0.15, -0.1) is 0 Å². The van der Waals surface area contributed by atoms with Crippen molar-refractivity contribution < 1.29 is 9.84 Å². The second-order valence-electron chi connectivity index (χ2n) is 8.24. The molecule has 0 heterocycles. The maximum absolute atomic E-state index is 10.1. The van der Waals surface area contributed by atoms with Crippen LogP contribution >= 0.6 is 0 Å².